The third-order valence-electron chi connectivity index (χ3n) is 3.81. The van der Waals surface area contributed by atoms with Crippen LogP contribution in [0.4, 0.5) is 0 Å². The summed E-state index contributed by atoms with van der Waals surface area (Å²) < 4.78 is 0. The van der Waals surface area contributed by atoms with Crippen LogP contribution in [0.25, 0.3) is 0 Å². The van der Waals surface area contributed by atoms with Gasteiger partial charge in [0.2, 0.25) is 0 Å². The summed E-state index contributed by atoms with van der Waals surface area (Å²) in [6.45, 7) is 1.49. The molecule has 0 radical (unpaired) electrons. The van der Waals surface area contributed by atoms with E-state index in [1.54, 1.807) is 16.7 Å². The van der Waals surface area contributed by atoms with Crippen LogP contribution in [0.5, 0.6) is 0 Å². The van der Waals surface area contributed by atoms with Gasteiger partial charge in [-0.25, -0.2) is 4.98 Å². The fourth-order valence-corrected chi connectivity index (χ4v) is 3.57. The van der Waals surface area contributed by atoms with Gasteiger partial charge >= 0.3 is 0 Å². The topological polar surface area (TPSA) is 50.3 Å². The highest BCUT2D eigenvalue weighted by Gasteiger charge is 2.26. The number of hydrogen-bond donors (Lipinski definition) is 0. The maximum Gasteiger partial charge on any atom is 0.253 e. The van der Waals surface area contributed by atoms with Crippen molar-refractivity contribution in [2.75, 3.05) is 13.1 Å². The number of thiazole rings is 1. The van der Waals surface area contributed by atoms with E-state index in [-0.39, 0.29) is 5.91 Å². The van der Waals surface area contributed by atoms with Gasteiger partial charge in [0.25, 0.3) is 5.91 Å². The number of piperidine rings is 1. The fraction of sp³-hybridized carbons (Fsp3) is 0.312. The minimum Gasteiger partial charge on any atom is -0.339 e. The highest BCUT2D eigenvalue weighted by atomic mass is 32.1. The SMILES string of the molecule is O=Cc1csc(C2CCN(C(=O)c3ccccc3)CC2)n1. The molecule has 108 valence electrons. The van der Waals surface area contributed by atoms with Crippen molar-refractivity contribution in [3.63, 3.8) is 0 Å². The van der Waals surface area contributed by atoms with Gasteiger partial charge in [0.1, 0.15) is 5.69 Å². The van der Waals surface area contributed by atoms with Crippen molar-refractivity contribution >= 4 is 23.5 Å². The van der Waals surface area contributed by atoms with Crippen LogP contribution in [0.3, 0.4) is 0 Å². The van der Waals surface area contributed by atoms with E-state index >= 15 is 0 Å². The lowest BCUT2D eigenvalue weighted by molar-refractivity contribution is 0.0713. The van der Waals surface area contributed by atoms with E-state index in [1.807, 2.05) is 35.2 Å². The summed E-state index contributed by atoms with van der Waals surface area (Å²) in [6.07, 6.45) is 2.60. The molecule has 0 N–H and O–H groups in total. The Morgan fingerprint density at radius 3 is 2.57 bits per heavy atom. The summed E-state index contributed by atoms with van der Waals surface area (Å²) in [7, 11) is 0. The number of likely N-dealkylation sites (tertiary alicyclic amines) is 1. The van der Waals surface area contributed by atoms with Crippen molar-refractivity contribution in [1.82, 2.24) is 9.88 Å². The highest BCUT2D eigenvalue weighted by molar-refractivity contribution is 7.09. The number of hydrogen-bond acceptors (Lipinski definition) is 4. The Bertz CT molecular complexity index is 631. The molecular weight excluding hydrogens is 284 g/mol. The molecule has 1 aromatic carbocycles. The average Bonchev–Trinajstić information content (AvgIpc) is 3.04. The molecule has 5 heteroatoms. The molecule has 1 amide bonds. The zero-order valence-electron chi connectivity index (χ0n) is 11.6. The number of rotatable bonds is 3. The first kappa shape index (κ1) is 13.9. The Kier molecular flexibility index (Phi) is 4.10. The van der Waals surface area contributed by atoms with E-state index in [4.69, 9.17) is 0 Å². The normalized spacial score (nSPS) is 15.9. The van der Waals surface area contributed by atoms with Gasteiger partial charge in [0.15, 0.2) is 6.29 Å². The Morgan fingerprint density at radius 2 is 1.95 bits per heavy atom. The van der Waals surface area contributed by atoms with E-state index < -0.39 is 0 Å². The number of carbonyl (C=O) groups is 2. The number of aromatic nitrogens is 1. The molecule has 3 rings (SSSR count). The Labute approximate surface area is 127 Å². The molecule has 1 aromatic heterocycles. The van der Waals surface area contributed by atoms with E-state index in [1.165, 1.54) is 0 Å². The molecule has 1 aliphatic heterocycles. The molecule has 1 fully saturated rings. The minimum absolute atomic E-state index is 0.0989. The number of amides is 1. The van der Waals surface area contributed by atoms with Gasteiger partial charge in [-0.05, 0) is 25.0 Å². The first-order valence-electron chi connectivity index (χ1n) is 7.03. The largest absolute Gasteiger partial charge is 0.339 e. The van der Waals surface area contributed by atoms with Crippen LogP contribution < -0.4 is 0 Å². The quantitative estimate of drug-likeness (QED) is 0.819. The Morgan fingerprint density at radius 1 is 1.24 bits per heavy atom. The zero-order chi connectivity index (χ0) is 14.7. The first-order chi connectivity index (χ1) is 10.3. The lowest BCUT2D eigenvalue weighted by Gasteiger charge is -2.31. The minimum atomic E-state index is 0.0989. The summed E-state index contributed by atoms with van der Waals surface area (Å²) >= 11 is 1.54. The van der Waals surface area contributed by atoms with Gasteiger partial charge < -0.3 is 4.90 Å². The molecule has 0 aliphatic carbocycles. The van der Waals surface area contributed by atoms with E-state index in [9.17, 15) is 9.59 Å². The summed E-state index contributed by atoms with van der Waals surface area (Å²) in [4.78, 5) is 29.3. The summed E-state index contributed by atoms with van der Waals surface area (Å²) in [6, 6.07) is 9.39. The standard InChI is InChI=1S/C16H16N2O2S/c19-10-14-11-21-15(17-14)12-6-8-18(9-7-12)16(20)13-4-2-1-3-5-13/h1-5,10-12H,6-9H2. The number of benzene rings is 1. The molecule has 2 heterocycles. The van der Waals surface area contributed by atoms with Crippen LogP contribution in [0.15, 0.2) is 35.7 Å². The maximum absolute atomic E-state index is 12.4. The monoisotopic (exact) mass is 300 g/mol. The molecule has 4 nitrogen and oxygen atoms in total. The number of carbonyl (C=O) groups excluding carboxylic acids is 2. The van der Waals surface area contributed by atoms with Crippen molar-refractivity contribution in [2.24, 2.45) is 0 Å². The molecule has 2 aromatic rings. The van der Waals surface area contributed by atoms with E-state index in [0.717, 1.165) is 42.8 Å². The molecule has 0 atom stereocenters. The van der Waals surface area contributed by atoms with Gasteiger partial charge in [0, 0.05) is 30.0 Å². The molecule has 1 aliphatic rings. The van der Waals surface area contributed by atoms with Crippen molar-refractivity contribution in [1.29, 1.82) is 0 Å². The zero-order valence-corrected chi connectivity index (χ0v) is 12.4. The second-order valence-electron chi connectivity index (χ2n) is 5.16. The van der Waals surface area contributed by atoms with Crippen molar-refractivity contribution < 1.29 is 9.59 Å². The highest BCUT2D eigenvalue weighted by Crippen LogP contribution is 2.30. The van der Waals surface area contributed by atoms with Crippen LogP contribution in [-0.2, 0) is 0 Å². The van der Waals surface area contributed by atoms with Crippen LogP contribution in [-0.4, -0.2) is 35.2 Å². The van der Waals surface area contributed by atoms with Crippen molar-refractivity contribution in [3.05, 3.63) is 52.0 Å². The van der Waals surface area contributed by atoms with Crippen molar-refractivity contribution in [3.8, 4) is 0 Å². The lowest BCUT2D eigenvalue weighted by Crippen LogP contribution is -2.37. The molecule has 0 saturated carbocycles. The van der Waals surface area contributed by atoms with Gasteiger partial charge in [-0.2, -0.15) is 0 Å². The number of aldehydes is 1. The molecule has 0 unspecified atom stereocenters. The second kappa shape index (κ2) is 6.18. The van der Waals surface area contributed by atoms with Gasteiger partial charge in [-0.15, -0.1) is 11.3 Å². The smallest absolute Gasteiger partial charge is 0.253 e. The van der Waals surface area contributed by atoms with Crippen molar-refractivity contribution in [2.45, 2.75) is 18.8 Å². The molecule has 0 bridgehead atoms. The fourth-order valence-electron chi connectivity index (χ4n) is 2.64. The van der Waals surface area contributed by atoms with Gasteiger partial charge in [-0.3, -0.25) is 9.59 Å². The average molecular weight is 300 g/mol. The molecule has 1 saturated heterocycles. The Balaban J connectivity index is 1.62. The van der Waals surface area contributed by atoms with E-state index in [2.05, 4.69) is 4.98 Å². The molecule has 0 spiro atoms. The predicted molar refractivity (Wildman–Crippen MR) is 81.8 cm³/mol. The second-order valence-corrected chi connectivity index (χ2v) is 6.05. The third kappa shape index (κ3) is 3.03. The maximum atomic E-state index is 12.4. The number of nitrogens with zero attached hydrogens (tertiary/aromatic N) is 2. The molecule has 21 heavy (non-hydrogen) atoms. The third-order valence-corrected chi connectivity index (χ3v) is 4.84. The summed E-state index contributed by atoms with van der Waals surface area (Å²) in [5, 5.41) is 2.81. The summed E-state index contributed by atoms with van der Waals surface area (Å²) in [5.74, 6) is 0.463. The van der Waals surface area contributed by atoms with Crippen LogP contribution >= 0.6 is 11.3 Å². The molecular formula is C16H16N2O2S. The van der Waals surface area contributed by atoms with Crippen LogP contribution in [0.1, 0.15) is 44.6 Å². The van der Waals surface area contributed by atoms with E-state index in [0.29, 0.717) is 11.6 Å². The van der Waals surface area contributed by atoms with Crippen LogP contribution in [0.2, 0.25) is 0 Å². The van der Waals surface area contributed by atoms with Crippen LogP contribution in [0, 0.1) is 0 Å². The van der Waals surface area contributed by atoms with Gasteiger partial charge in [0.05, 0.1) is 5.01 Å². The van der Waals surface area contributed by atoms with Gasteiger partial charge in [-0.1, -0.05) is 18.2 Å². The summed E-state index contributed by atoms with van der Waals surface area (Å²) in [5.41, 5.74) is 1.26. The Hall–Kier alpha value is -2.01. The lowest BCUT2D eigenvalue weighted by atomic mass is 9.97. The first-order valence-corrected chi connectivity index (χ1v) is 7.91. The predicted octanol–water partition coefficient (Wildman–Crippen LogP) is 2.98.